The van der Waals surface area contributed by atoms with Gasteiger partial charge in [0.2, 0.25) is 0 Å². The first-order valence-corrected chi connectivity index (χ1v) is 9.16. The minimum Gasteiger partial charge on any atom is -0.356 e. The summed E-state index contributed by atoms with van der Waals surface area (Å²) in [5.74, 6) is 0. The first kappa shape index (κ1) is 18.5. The summed E-state index contributed by atoms with van der Waals surface area (Å²) < 4.78 is 0. The summed E-state index contributed by atoms with van der Waals surface area (Å²) in [7, 11) is 0. The molecule has 134 valence electrons. The van der Waals surface area contributed by atoms with Crippen molar-refractivity contribution < 1.29 is 0 Å². The molecule has 0 radical (unpaired) electrons. The number of para-hydroxylation sites is 1. The van der Waals surface area contributed by atoms with E-state index in [2.05, 4.69) is 92.5 Å². The molecule has 27 heavy (non-hydrogen) atoms. The van der Waals surface area contributed by atoms with Crippen molar-refractivity contribution >= 4 is 16.9 Å². The zero-order valence-corrected chi connectivity index (χ0v) is 15.9. The number of hydrogen-bond acceptors (Lipinski definition) is 1. The SMILES string of the molecule is C=C/C=C(C)\C=C(/C)c1ccc(-c2cccc(Nc3ccccc3)c2)cc1. The number of benzene rings is 3. The third-order valence-electron chi connectivity index (χ3n) is 4.42. The van der Waals surface area contributed by atoms with Crippen LogP contribution >= 0.6 is 0 Å². The van der Waals surface area contributed by atoms with Crippen molar-refractivity contribution in [1.82, 2.24) is 0 Å². The van der Waals surface area contributed by atoms with Crippen LogP contribution in [0.25, 0.3) is 16.7 Å². The Kier molecular flexibility index (Phi) is 6.06. The third kappa shape index (κ3) is 5.08. The van der Waals surface area contributed by atoms with Gasteiger partial charge in [-0.05, 0) is 60.4 Å². The molecule has 0 saturated heterocycles. The molecule has 0 aliphatic rings. The molecule has 0 amide bonds. The second-order valence-corrected chi connectivity index (χ2v) is 6.62. The Morgan fingerprint density at radius 1 is 0.778 bits per heavy atom. The van der Waals surface area contributed by atoms with Crippen LogP contribution in [0.1, 0.15) is 19.4 Å². The minimum atomic E-state index is 1.09. The predicted molar refractivity (Wildman–Crippen MR) is 119 cm³/mol. The molecule has 0 atom stereocenters. The summed E-state index contributed by atoms with van der Waals surface area (Å²) in [5, 5.41) is 3.45. The van der Waals surface area contributed by atoms with Crippen LogP contribution in [0, 0.1) is 0 Å². The Labute approximate surface area is 162 Å². The van der Waals surface area contributed by atoms with E-state index in [9.17, 15) is 0 Å². The van der Waals surface area contributed by atoms with E-state index in [1.54, 1.807) is 0 Å². The molecule has 0 saturated carbocycles. The fourth-order valence-electron chi connectivity index (χ4n) is 3.05. The van der Waals surface area contributed by atoms with Crippen molar-refractivity contribution in [3.63, 3.8) is 0 Å². The number of anilines is 2. The lowest BCUT2D eigenvalue weighted by Crippen LogP contribution is -1.90. The summed E-state index contributed by atoms with van der Waals surface area (Å²) in [5.41, 5.74) is 8.27. The number of allylic oxidation sites excluding steroid dienone is 5. The van der Waals surface area contributed by atoms with E-state index in [-0.39, 0.29) is 0 Å². The number of nitrogens with one attached hydrogen (secondary N) is 1. The van der Waals surface area contributed by atoms with Crippen LogP contribution in [0.2, 0.25) is 0 Å². The normalized spacial score (nSPS) is 11.9. The molecule has 3 rings (SSSR count). The second kappa shape index (κ2) is 8.86. The molecule has 3 aromatic carbocycles. The van der Waals surface area contributed by atoms with Gasteiger partial charge in [0.25, 0.3) is 0 Å². The van der Waals surface area contributed by atoms with E-state index < -0.39 is 0 Å². The molecule has 0 unspecified atom stereocenters. The van der Waals surface area contributed by atoms with E-state index in [1.165, 1.54) is 27.8 Å². The molecule has 1 heteroatoms. The largest absolute Gasteiger partial charge is 0.356 e. The molecular weight excluding hydrogens is 326 g/mol. The topological polar surface area (TPSA) is 12.0 Å². The summed E-state index contributed by atoms with van der Waals surface area (Å²) in [6.45, 7) is 7.98. The van der Waals surface area contributed by atoms with Crippen LogP contribution in [-0.2, 0) is 0 Å². The quantitative estimate of drug-likeness (QED) is 0.450. The van der Waals surface area contributed by atoms with Gasteiger partial charge in [-0.15, -0.1) is 0 Å². The smallest absolute Gasteiger partial charge is 0.0390 e. The van der Waals surface area contributed by atoms with Gasteiger partial charge in [-0.2, -0.15) is 0 Å². The lowest BCUT2D eigenvalue weighted by atomic mass is 9.99. The van der Waals surface area contributed by atoms with Gasteiger partial charge < -0.3 is 5.32 Å². The Morgan fingerprint density at radius 2 is 1.48 bits per heavy atom. The molecule has 1 N–H and O–H groups in total. The van der Waals surface area contributed by atoms with Gasteiger partial charge in [-0.3, -0.25) is 0 Å². The second-order valence-electron chi connectivity index (χ2n) is 6.62. The third-order valence-corrected chi connectivity index (χ3v) is 4.42. The van der Waals surface area contributed by atoms with Crippen molar-refractivity contribution in [3.05, 3.63) is 115 Å². The van der Waals surface area contributed by atoms with Crippen LogP contribution < -0.4 is 5.32 Å². The average Bonchev–Trinajstić information content (AvgIpc) is 2.69. The molecule has 0 bridgehead atoms. The molecule has 1 nitrogen and oxygen atoms in total. The van der Waals surface area contributed by atoms with Crippen molar-refractivity contribution in [2.45, 2.75) is 13.8 Å². The van der Waals surface area contributed by atoms with Gasteiger partial charge in [0.15, 0.2) is 0 Å². The lowest BCUT2D eigenvalue weighted by Gasteiger charge is -2.09. The number of rotatable bonds is 6. The highest BCUT2D eigenvalue weighted by molar-refractivity contribution is 5.73. The van der Waals surface area contributed by atoms with E-state index in [1.807, 2.05) is 30.4 Å². The maximum absolute atomic E-state index is 3.75. The summed E-state index contributed by atoms with van der Waals surface area (Å²) in [4.78, 5) is 0. The first-order valence-electron chi connectivity index (χ1n) is 9.16. The van der Waals surface area contributed by atoms with Gasteiger partial charge >= 0.3 is 0 Å². The van der Waals surface area contributed by atoms with Crippen molar-refractivity contribution in [2.24, 2.45) is 0 Å². The minimum absolute atomic E-state index is 1.09. The van der Waals surface area contributed by atoms with Gasteiger partial charge in [0.1, 0.15) is 0 Å². The highest BCUT2D eigenvalue weighted by atomic mass is 14.9. The van der Waals surface area contributed by atoms with Crippen LogP contribution in [0.3, 0.4) is 0 Å². The van der Waals surface area contributed by atoms with E-state index in [4.69, 9.17) is 0 Å². The summed E-state index contributed by atoms with van der Waals surface area (Å²) in [6, 6.07) is 27.5. The van der Waals surface area contributed by atoms with Crippen LogP contribution in [0.4, 0.5) is 11.4 Å². The van der Waals surface area contributed by atoms with Crippen molar-refractivity contribution in [3.8, 4) is 11.1 Å². The zero-order chi connectivity index (χ0) is 19.1. The van der Waals surface area contributed by atoms with Gasteiger partial charge in [0.05, 0.1) is 0 Å². The molecule has 0 heterocycles. The van der Waals surface area contributed by atoms with Crippen molar-refractivity contribution in [2.75, 3.05) is 5.32 Å². The van der Waals surface area contributed by atoms with Crippen LogP contribution in [0.15, 0.2) is 109 Å². The molecule has 0 aliphatic carbocycles. The molecule has 0 fully saturated rings. The first-order chi connectivity index (χ1) is 13.2. The van der Waals surface area contributed by atoms with Crippen molar-refractivity contribution in [1.29, 1.82) is 0 Å². The van der Waals surface area contributed by atoms with Gasteiger partial charge in [-0.1, -0.05) is 85.0 Å². The monoisotopic (exact) mass is 351 g/mol. The molecular formula is C26H25N. The molecule has 3 aromatic rings. The Morgan fingerprint density at radius 3 is 2.19 bits per heavy atom. The molecule has 0 aliphatic heterocycles. The standard InChI is InChI=1S/C26H25N/c1-4-9-20(2)18-21(3)22-14-16-23(17-15-22)24-10-8-13-26(19-24)27-25-11-6-5-7-12-25/h4-19,27H,1H2,2-3H3/b20-9-,21-18+. The van der Waals surface area contributed by atoms with Gasteiger partial charge in [-0.25, -0.2) is 0 Å². The van der Waals surface area contributed by atoms with Crippen LogP contribution in [-0.4, -0.2) is 0 Å². The van der Waals surface area contributed by atoms with E-state index in [0.29, 0.717) is 0 Å². The predicted octanol–water partition coefficient (Wildman–Crippen LogP) is 7.63. The molecule has 0 aromatic heterocycles. The maximum Gasteiger partial charge on any atom is 0.0390 e. The maximum atomic E-state index is 3.75. The highest BCUT2D eigenvalue weighted by Crippen LogP contribution is 2.26. The number of hydrogen-bond donors (Lipinski definition) is 1. The Balaban J connectivity index is 1.80. The zero-order valence-electron chi connectivity index (χ0n) is 15.9. The fraction of sp³-hybridized carbons (Fsp3) is 0.0769. The average molecular weight is 351 g/mol. The fourth-order valence-corrected chi connectivity index (χ4v) is 3.05. The Hall–Kier alpha value is -3.32. The van der Waals surface area contributed by atoms with Gasteiger partial charge in [0, 0.05) is 11.4 Å². The highest BCUT2D eigenvalue weighted by Gasteiger charge is 2.02. The van der Waals surface area contributed by atoms with E-state index >= 15 is 0 Å². The van der Waals surface area contributed by atoms with Crippen LogP contribution in [0.5, 0.6) is 0 Å². The summed E-state index contributed by atoms with van der Waals surface area (Å²) >= 11 is 0. The molecule has 0 spiro atoms. The summed E-state index contributed by atoms with van der Waals surface area (Å²) in [6.07, 6.45) is 6.02. The lowest BCUT2D eigenvalue weighted by molar-refractivity contribution is 1.48. The van der Waals surface area contributed by atoms with E-state index in [0.717, 1.165) is 11.4 Å². The Bertz CT molecular complexity index is 961.